The quantitative estimate of drug-likeness (QED) is 0.650. The molecular weight excluding hydrogens is 294 g/mol. The second kappa shape index (κ2) is 5.37. The van der Waals surface area contributed by atoms with Crippen LogP contribution in [0.3, 0.4) is 0 Å². The zero-order chi connectivity index (χ0) is 15.1. The molecule has 110 valence electrons. The summed E-state index contributed by atoms with van der Waals surface area (Å²) in [5.41, 5.74) is 10.7. The van der Waals surface area contributed by atoms with Gasteiger partial charge >= 0.3 is 0 Å². The van der Waals surface area contributed by atoms with Crippen LogP contribution in [0.5, 0.6) is 0 Å². The molecule has 0 aromatic rings. The molecule has 2 aliphatic rings. The van der Waals surface area contributed by atoms with E-state index in [1.807, 2.05) is 0 Å². The summed E-state index contributed by atoms with van der Waals surface area (Å²) < 4.78 is 0. The van der Waals surface area contributed by atoms with E-state index in [4.69, 9.17) is 35.9 Å². The monoisotopic (exact) mass is 313 g/mol. The van der Waals surface area contributed by atoms with Gasteiger partial charge in [0.15, 0.2) is 0 Å². The van der Waals surface area contributed by atoms with Gasteiger partial charge in [0.1, 0.15) is 0 Å². The van der Waals surface area contributed by atoms with E-state index in [0.29, 0.717) is 18.8 Å². The third kappa shape index (κ3) is 2.33. The predicted molar refractivity (Wildman–Crippen MR) is 83.8 cm³/mol. The number of amides is 2. The van der Waals surface area contributed by atoms with Gasteiger partial charge in [-0.25, -0.2) is 0 Å². The molecule has 2 amide bonds. The van der Waals surface area contributed by atoms with E-state index in [9.17, 15) is 9.59 Å². The van der Waals surface area contributed by atoms with Gasteiger partial charge in [-0.05, 0) is 18.8 Å². The summed E-state index contributed by atoms with van der Waals surface area (Å²) in [6, 6.07) is 0. The second-order valence-corrected chi connectivity index (χ2v) is 6.87. The molecule has 0 radical (unpaired) electrons. The maximum absolute atomic E-state index is 12.3. The molecule has 4 atom stereocenters. The van der Waals surface area contributed by atoms with E-state index in [0.717, 1.165) is 12.8 Å². The highest BCUT2D eigenvalue weighted by atomic mass is 32.1. The Morgan fingerprint density at radius 3 is 2.55 bits per heavy atom. The molecule has 1 spiro atoms. The number of carbonyl (C=O) groups is 2. The SMILES string of the molecule is C[C@@H]1CCC[C@]2(C1)[C@@H](C(N)=S)C(=O)NC(=S)[C@H]2C(N)=O. The van der Waals surface area contributed by atoms with Crippen LogP contribution in [-0.4, -0.2) is 21.8 Å². The molecule has 1 aliphatic heterocycles. The summed E-state index contributed by atoms with van der Waals surface area (Å²) in [4.78, 5) is 24.5. The van der Waals surface area contributed by atoms with Gasteiger partial charge < -0.3 is 16.8 Å². The summed E-state index contributed by atoms with van der Waals surface area (Å²) in [5, 5.41) is 2.55. The Morgan fingerprint density at radius 2 is 2.05 bits per heavy atom. The molecule has 5 N–H and O–H groups in total. The van der Waals surface area contributed by atoms with Crippen molar-refractivity contribution in [3.63, 3.8) is 0 Å². The van der Waals surface area contributed by atoms with Gasteiger partial charge in [-0.15, -0.1) is 0 Å². The first-order valence-corrected chi connectivity index (χ1v) is 7.54. The van der Waals surface area contributed by atoms with E-state index in [2.05, 4.69) is 12.2 Å². The van der Waals surface area contributed by atoms with Gasteiger partial charge in [0.2, 0.25) is 11.8 Å². The van der Waals surface area contributed by atoms with Gasteiger partial charge in [0.05, 0.1) is 21.8 Å². The number of nitrogens with two attached hydrogens (primary N) is 2. The van der Waals surface area contributed by atoms with Crippen LogP contribution in [-0.2, 0) is 9.59 Å². The van der Waals surface area contributed by atoms with Crippen LogP contribution in [0.4, 0.5) is 0 Å². The molecule has 5 nitrogen and oxygen atoms in total. The average Bonchev–Trinajstić information content (AvgIpc) is 2.25. The Hall–Kier alpha value is -1.08. The number of rotatable bonds is 2. The first-order chi connectivity index (χ1) is 9.29. The number of piperidine rings is 1. The van der Waals surface area contributed by atoms with Crippen LogP contribution in [0.2, 0.25) is 0 Å². The number of hydrogen-bond acceptors (Lipinski definition) is 4. The minimum absolute atomic E-state index is 0.116. The zero-order valence-electron chi connectivity index (χ0n) is 11.3. The molecule has 7 heteroatoms. The summed E-state index contributed by atoms with van der Waals surface area (Å²) in [6.45, 7) is 2.10. The smallest absolute Gasteiger partial charge is 0.235 e. The van der Waals surface area contributed by atoms with Crippen LogP contribution < -0.4 is 16.8 Å². The van der Waals surface area contributed by atoms with Gasteiger partial charge in [-0.3, -0.25) is 9.59 Å². The third-order valence-corrected chi connectivity index (χ3v) is 5.13. The van der Waals surface area contributed by atoms with Crippen LogP contribution in [0.15, 0.2) is 0 Å². The van der Waals surface area contributed by atoms with E-state index in [1.54, 1.807) is 0 Å². The number of carbonyl (C=O) groups excluding carboxylic acids is 2. The van der Waals surface area contributed by atoms with Crippen LogP contribution >= 0.6 is 24.4 Å². The number of primary amides is 1. The maximum atomic E-state index is 12.3. The first-order valence-electron chi connectivity index (χ1n) is 6.73. The molecule has 20 heavy (non-hydrogen) atoms. The van der Waals surface area contributed by atoms with Gasteiger partial charge in [-0.1, -0.05) is 44.2 Å². The van der Waals surface area contributed by atoms with Crippen molar-refractivity contribution >= 4 is 46.2 Å². The average molecular weight is 313 g/mol. The molecular formula is C13H19N3O2S2. The van der Waals surface area contributed by atoms with E-state index < -0.39 is 23.2 Å². The topological polar surface area (TPSA) is 98.2 Å². The standard InChI is InChI=1S/C13H19N3O2S2/c1-6-3-2-4-13(5-6)7(9(14)17)12(20)16-11(18)8(13)10(15)19/h6-8H,2-5H2,1H3,(H2,14,17)(H2,15,19)(H,16,18,20)/t6-,7-,8+,13-/m1/s1. The van der Waals surface area contributed by atoms with Crippen LogP contribution in [0, 0.1) is 23.2 Å². The minimum atomic E-state index is -0.676. The van der Waals surface area contributed by atoms with Crippen LogP contribution in [0.1, 0.15) is 32.6 Å². The van der Waals surface area contributed by atoms with Crippen LogP contribution in [0.25, 0.3) is 0 Å². The fourth-order valence-electron chi connectivity index (χ4n) is 3.94. The lowest BCUT2D eigenvalue weighted by molar-refractivity contribution is -0.134. The maximum Gasteiger partial charge on any atom is 0.235 e. The third-order valence-electron chi connectivity index (χ3n) is 4.56. The van der Waals surface area contributed by atoms with Crippen molar-refractivity contribution in [2.24, 2.45) is 34.6 Å². The molecule has 2 fully saturated rings. The lowest BCUT2D eigenvalue weighted by atomic mass is 9.55. The molecule has 1 aliphatic carbocycles. The molecule has 0 aromatic heterocycles. The molecule has 1 heterocycles. The van der Waals surface area contributed by atoms with Crippen molar-refractivity contribution < 1.29 is 9.59 Å². The molecule has 1 saturated heterocycles. The van der Waals surface area contributed by atoms with Gasteiger partial charge in [0, 0.05) is 5.41 Å². The van der Waals surface area contributed by atoms with Gasteiger partial charge in [0.25, 0.3) is 0 Å². The highest BCUT2D eigenvalue weighted by Crippen LogP contribution is 2.52. The molecule has 0 unspecified atom stereocenters. The fourth-order valence-corrected chi connectivity index (χ4v) is 4.73. The van der Waals surface area contributed by atoms with Gasteiger partial charge in [-0.2, -0.15) is 0 Å². The first kappa shape index (κ1) is 15.3. The van der Waals surface area contributed by atoms with Crippen molar-refractivity contribution in [1.29, 1.82) is 0 Å². The summed E-state index contributed by atoms with van der Waals surface area (Å²) in [6.07, 6.45) is 3.36. The van der Waals surface area contributed by atoms with E-state index in [1.165, 1.54) is 0 Å². The van der Waals surface area contributed by atoms with E-state index in [-0.39, 0.29) is 15.9 Å². The second-order valence-electron chi connectivity index (χ2n) is 5.96. The summed E-state index contributed by atoms with van der Waals surface area (Å²) >= 11 is 10.3. The molecule has 0 aromatic carbocycles. The Morgan fingerprint density at radius 1 is 1.40 bits per heavy atom. The van der Waals surface area contributed by atoms with Crippen molar-refractivity contribution in [1.82, 2.24) is 5.32 Å². The van der Waals surface area contributed by atoms with E-state index >= 15 is 0 Å². The summed E-state index contributed by atoms with van der Waals surface area (Å²) in [7, 11) is 0. The Kier molecular flexibility index (Phi) is 4.11. The lowest BCUT2D eigenvalue weighted by Crippen LogP contribution is -2.64. The fraction of sp³-hybridized carbons (Fsp3) is 0.692. The number of thiocarbonyl (C=S) groups is 2. The van der Waals surface area contributed by atoms with Crippen molar-refractivity contribution in [2.45, 2.75) is 32.6 Å². The minimum Gasteiger partial charge on any atom is -0.393 e. The van der Waals surface area contributed by atoms with Crippen molar-refractivity contribution in [2.75, 3.05) is 0 Å². The normalized spacial score (nSPS) is 37.5. The summed E-state index contributed by atoms with van der Waals surface area (Å²) in [5.74, 6) is -1.77. The van der Waals surface area contributed by atoms with Crippen molar-refractivity contribution in [3.8, 4) is 0 Å². The lowest BCUT2D eigenvalue weighted by Gasteiger charge is -2.51. The molecule has 2 rings (SSSR count). The Bertz CT molecular complexity index is 460. The molecule has 0 bridgehead atoms. The Balaban J connectivity index is 2.55. The number of hydrogen-bond donors (Lipinski definition) is 3. The largest absolute Gasteiger partial charge is 0.393 e. The number of nitrogens with one attached hydrogen (secondary N) is 1. The highest BCUT2D eigenvalue weighted by molar-refractivity contribution is 7.80. The zero-order valence-corrected chi connectivity index (χ0v) is 13.0. The van der Waals surface area contributed by atoms with Crippen molar-refractivity contribution in [3.05, 3.63) is 0 Å². The highest BCUT2D eigenvalue weighted by Gasteiger charge is 2.58. The predicted octanol–water partition coefficient (Wildman–Crippen LogP) is 0.644. The molecule has 1 saturated carbocycles. The Labute approximate surface area is 128 Å².